The van der Waals surface area contributed by atoms with Gasteiger partial charge in [-0.15, -0.1) is 0 Å². The average Bonchev–Trinajstić information content (AvgIpc) is 2.35. The molecule has 1 aliphatic rings. The molecule has 1 heterocycles. The Hall–Kier alpha value is -2.28. The molecule has 86 valence electrons. The third-order valence-corrected chi connectivity index (χ3v) is 2.59. The molecule has 0 aliphatic carbocycles. The van der Waals surface area contributed by atoms with Gasteiger partial charge in [-0.25, -0.2) is 4.79 Å². The highest BCUT2D eigenvalue weighted by Gasteiger charge is 2.18. The van der Waals surface area contributed by atoms with E-state index in [2.05, 4.69) is 6.07 Å². The van der Waals surface area contributed by atoms with Crippen LogP contribution < -0.4 is 4.74 Å². The van der Waals surface area contributed by atoms with Gasteiger partial charge in [-0.05, 0) is 35.8 Å². The van der Waals surface area contributed by atoms with Crippen molar-refractivity contribution >= 4 is 12.0 Å². The molecule has 0 spiro atoms. The third kappa shape index (κ3) is 2.64. The molecule has 1 N–H and O–H groups in total. The summed E-state index contributed by atoms with van der Waals surface area (Å²) in [7, 11) is 0. The van der Waals surface area contributed by atoms with Gasteiger partial charge in [-0.1, -0.05) is 6.07 Å². The summed E-state index contributed by atoms with van der Waals surface area (Å²) in [5.74, 6) is -0.251. The zero-order valence-corrected chi connectivity index (χ0v) is 9.09. The molecule has 1 atom stereocenters. The monoisotopic (exact) mass is 229 g/mol. The van der Waals surface area contributed by atoms with Crippen molar-refractivity contribution in [1.29, 1.82) is 5.26 Å². The van der Waals surface area contributed by atoms with Crippen LogP contribution in [0.15, 0.2) is 24.3 Å². The van der Waals surface area contributed by atoms with Crippen molar-refractivity contribution < 1.29 is 14.6 Å². The first-order chi connectivity index (χ1) is 8.19. The molecule has 1 aromatic carbocycles. The Kier molecular flexibility index (Phi) is 3.10. The lowest BCUT2D eigenvalue weighted by Crippen LogP contribution is -2.20. The van der Waals surface area contributed by atoms with E-state index in [9.17, 15) is 4.79 Å². The van der Waals surface area contributed by atoms with Gasteiger partial charge in [0.1, 0.15) is 11.8 Å². The molecule has 1 aromatic rings. The van der Waals surface area contributed by atoms with E-state index in [1.165, 1.54) is 0 Å². The molecule has 2 rings (SSSR count). The van der Waals surface area contributed by atoms with E-state index in [-0.39, 0.29) is 6.10 Å². The van der Waals surface area contributed by atoms with Crippen molar-refractivity contribution in [3.63, 3.8) is 0 Å². The van der Waals surface area contributed by atoms with Crippen LogP contribution in [0.2, 0.25) is 0 Å². The molecule has 17 heavy (non-hydrogen) atoms. The molecule has 0 bridgehead atoms. The molecule has 1 unspecified atom stereocenters. The second-order valence-corrected chi connectivity index (χ2v) is 3.81. The standard InChI is InChI=1S/C13H11NO3/c14-8-11-4-3-10-7-9(2-6-13(15)16)1-5-12(10)17-11/h1-2,5-7,11H,3-4H2,(H,15,16)/b6-2+. The molecule has 1 aliphatic heterocycles. The van der Waals surface area contributed by atoms with Crippen molar-refractivity contribution in [2.75, 3.05) is 0 Å². The van der Waals surface area contributed by atoms with Gasteiger partial charge in [0, 0.05) is 12.5 Å². The smallest absolute Gasteiger partial charge is 0.328 e. The van der Waals surface area contributed by atoms with Crippen LogP contribution in [-0.2, 0) is 11.2 Å². The predicted molar refractivity (Wildman–Crippen MR) is 61.5 cm³/mol. The summed E-state index contributed by atoms with van der Waals surface area (Å²) in [5.41, 5.74) is 1.84. The average molecular weight is 229 g/mol. The summed E-state index contributed by atoms with van der Waals surface area (Å²) < 4.78 is 5.46. The molecule has 0 radical (unpaired) electrons. The number of carboxylic acids is 1. The summed E-state index contributed by atoms with van der Waals surface area (Å²) >= 11 is 0. The lowest BCUT2D eigenvalue weighted by atomic mass is 10.0. The van der Waals surface area contributed by atoms with Crippen LogP contribution in [-0.4, -0.2) is 17.2 Å². The summed E-state index contributed by atoms with van der Waals surface area (Å²) in [6, 6.07) is 7.53. The highest BCUT2D eigenvalue weighted by atomic mass is 16.5. The van der Waals surface area contributed by atoms with Gasteiger partial charge in [-0.3, -0.25) is 0 Å². The predicted octanol–water partition coefficient (Wildman–Crippen LogP) is 2.00. The Balaban J connectivity index is 2.22. The lowest BCUT2D eigenvalue weighted by Gasteiger charge is -2.21. The van der Waals surface area contributed by atoms with E-state index < -0.39 is 5.97 Å². The number of benzene rings is 1. The van der Waals surface area contributed by atoms with Gasteiger partial charge in [0.2, 0.25) is 0 Å². The topological polar surface area (TPSA) is 70.3 Å². The highest BCUT2D eigenvalue weighted by Crippen LogP contribution is 2.28. The van der Waals surface area contributed by atoms with Crippen LogP contribution in [0.4, 0.5) is 0 Å². The number of hydrogen-bond donors (Lipinski definition) is 1. The van der Waals surface area contributed by atoms with Gasteiger partial charge in [0.25, 0.3) is 0 Å². The van der Waals surface area contributed by atoms with E-state index >= 15 is 0 Å². The SMILES string of the molecule is N#CC1CCc2cc(/C=C/C(=O)O)ccc2O1. The zero-order valence-electron chi connectivity index (χ0n) is 9.09. The Morgan fingerprint density at radius 3 is 3.12 bits per heavy atom. The molecule has 0 aromatic heterocycles. The molecule has 0 saturated heterocycles. The molecule has 0 amide bonds. The normalized spacial score (nSPS) is 18.2. The molecule has 4 nitrogen and oxygen atoms in total. The Morgan fingerprint density at radius 1 is 1.59 bits per heavy atom. The highest BCUT2D eigenvalue weighted by molar-refractivity contribution is 5.85. The second kappa shape index (κ2) is 4.71. The van der Waals surface area contributed by atoms with E-state index in [0.717, 1.165) is 29.4 Å². The first kappa shape index (κ1) is 11.2. The second-order valence-electron chi connectivity index (χ2n) is 3.81. The van der Waals surface area contributed by atoms with Crippen LogP contribution in [0.25, 0.3) is 6.08 Å². The zero-order chi connectivity index (χ0) is 12.3. The summed E-state index contributed by atoms with van der Waals surface area (Å²) in [5, 5.41) is 17.3. The maximum absolute atomic E-state index is 10.4. The number of nitrogens with zero attached hydrogens (tertiary/aromatic N) is 1. The van der Waals surface area contributed by atoms with Crippen molar-refractivity contribution in [3.05, 3.63) is 35.4 Å². The maximum Gasteiger partial charge on any atom is 0.328 e. The minimum absolute atomic E-state index is 0.372. The van der Waals surface area contributed by atoms with E-state index in [1.54, 1.807) is 18.2 Å². The van der Waals surface area contributed by atoms with Gasteiger partial charge < -0.3 is 9.84 Å². The maximum atomic E-state index is 10.4. The van der Waals surface area contributed by atoms with Crippen LogP contribution in [0.5, 0.6) is 5.75 Å². The van der Waals surface area contributed by atoms with Crippen LogP contribution >= 0.6 is 0 Å². The number of hydrogen-bond acceptors (Lipinski definition) is 3. The number of fused-ring (bicyclic) bond motifs is 1. The minimum Gasteiger partial charge on any atom is -0.478 e. The lowest BCUT2D eigenvalue weighted by molar-refractivity contribution is -0.131. The van der Waals surface area contributed by atoms with E-state index in [0.29, 0.717) is 6.42 Å². The van der Waals surface area contributed by atoms with Crippen LogP contribution in [0.3, 0.4) is 0 Å². The third-order valence-electron chi connectivity index (χ3n) is 2.59. The summed E-state index contributed by atoms with van der Waals surface area (Å²) in [6.07, 6.45) is 3.73. The molecular weight excluding hydrogens is 218 g/mol. The fourth-order valence-corrected chi connectivity index (χ4v) is 1.77. The Bertz CT molecular complexity index is 514. The van der Waals surface area contributed by atoms with Gasteiger partial charge in [0.15, 0.2) is 6.10 Å². The van der Waals surface area contributed by atoms with Crippen LogP contribution in [0, 0.1) is 11.3 Å². The first-order valence-electron chi connectivity index (χ1n) is 5.29. The van der Waals surface area contributed by atoms with Crippen molar-refractivity contribution in [2.45, 2.75) is 18.9 Å². The summed E-state index contributed by atoms with van der Waals surface area (Å²) in [6.45, 7) is 0. The molecule has 0 saturated carbocycles. The number of ether oxygens (including phenoxy) is 1. The number of carboxylic acid groups (broad SMARTS) is 1. The quantitative estimate of drug-likeness (QED) is 0.787. The van der Waals surface area contributed by atoms with E-state index in [4.69, 9.17) is 15.1 Å². The van der Waals surface area contributed by atoms with Gasteiger partial charge in [0.05, 0.1) is 0 Å². The molecule has 0 fully saturated rings. The van der Waals surface area contributed by atoms with Gasteiger partial charge >= 0.3 is 5.97 Å². The van der Waals surface area contributed by atoms with Crippen LogP contribution in [0.1, 0.15) is 17.5 Å². The Labute approximate surface area is 98.8 Å². The molecular formula is C13H11NO3. The number of rotatable bonds is 2. The molecule has 4 heteroatoms. The number of aliphatic carboxylic acids is 1. The largest absolute Gasteiger partial charge is 0.478 e. The van der Waals surface area contributed by atoms with Crippen molar-refractivity contribution in [2.24, 2.45) is 0 Å². The van der Waals surface area contributed by atoms with Crippen molar-refractivity contribution in [1.82, 2.24) is 0 Å². The summed E-state index contributed by atoms with van der Waals surface area (Å²) in [4.78, 5) is 10.4. The van der Waals surface area contributed by atoms with Crippen molar-refractivity contribution in [3.8, 4) is 11.8 Å². The minimum atomic E-state index is -0.969. The number of aryl methyl sites for hydroxylation is 1. The fourth-order valence-electron chi connectivity index (χ4n) is 1.77. The fraction of sp³-hybridized carbons (Fsp3) is 0.231. The van der Waals surface area contributed by atoms with E-state index in [1.807, 2.05) is 6.07 Å². The number of carbonyl (C=O) groups is 1. The Morgan fingerprint density at radius 2 is 2.41 bits per heavy atom. The number of nitriles is 1. The van der Waals surface area contributed by atoms with Gasteiger partial charge in [-0.2, -0.15) is 5.26 Å². The first-order valence-corrected chi connectivity index (χ1v) is 5.29.